The second-order valence-corrected chi connectivity index (χ2v) is 6.33. The Morgan fingerprint density at radius 3 is 2.40 bits per heavy atom. The van der Waals surface area contributed by atoms with Crippen LogP contribution in [0.3, 0.4) is 0 Å². The fourth-order valence-corrected chi connectivity index (χ4v) is 3.74. The van der Waals surface area contributed by atoms with E-state index in [0.29, 0.717) is 5.54 Å². The molecule has 88 valence electrons. The Kier molecular flexibility index (Phi) is 2.85. The molecule has 2 aliphatic heterocycles. The zero-order valence-corrected chi connectivity index (χ0v) is 10.9. The Morgan fingerprint density at radius 1 is 1.27 bits per heavy atom. The molecule has 1 spiro atoms. The summed E-state index contributed by atoms with van der Waals surface area (Å²) in [5, 5.41) is 0. The van der Waals surface area contributed by atoms with Gasteiger partial charge in [0.2, 0.25) is 0 Å². The van der Waals surface area contributed by atoms with E-state index >= 15 is 0 Å². The molecular formula is C13H27N2+. The normalized spacial score (nSPS) is 31.2. The van der Waals surface area contributed by atoms with Crippen molar-refractivity contribution in [2.24, 2.45) is 0 Å². The van der Waals surface area contributed by atoms with Crippen molar-refractivity contribution in [3.63, 3.8) is 0 Å². The first-order valence-electron chi connectivity index (χ1n) is 6.61. The van der Waals surface area contributed by atoms with Crippen molar-refractivity contribution in [3.8, 4) is 0 Å². The largest absolute Gasteiger partial charge is 0.310 e. The van der Waals surface area contributed by atoms with E-state index < -0.39 is 0 Å². The molecule has 2 fully saturated rings. The van der Waals surface area contributed by atoms with E-state index in [4.69, 9.17) is 0 Å². The van der Waals surface area contributed by atoms with E-state index in [9.17, 15) is 0 Å². The minimum atomic E-state index is 0.416. The van der Waals surface area contributed by atoms with Crippen LogP contribution in [0.2, 0.25) is 0 Å². The topological polar surface area (TPSA) is 3.24 Å². The van der Waals surface area contributed by atoms with Crippen molar-refractivity contribution in [1.29, 1.82) is 0 Å². The zero-order chi connectivity index (χ0) is 11.1. The van der Waals surface area contributed by atoms with Crippen LogP contribution in [0.1, 0.15) is 47.0 Å². The molecule has 1 atom stereocenters. The molecule has 0 aromatic carbocycles. The molecule has 0 aromatic heterocycles. The Labute approximate surface area is 94.8 Å². The lowest BCUT2D eigenvalue weighted by Crippen LogP contribution is -2.45. The van der Waals surface area contributed by atoms with E-state index in [-0.39, 0.29) is 0 Å². The molecule has 0 radical (unpaired) electrons. The van der Waals surface area contributed by atoms with Gasteiger partial charge in [0.25, 0.3) is 0 Å². The van der Waals surface area contributed by atoms with Crippen LogP contribution in [0.4, 0.5) is 0 Å². The first-order valence-corrected chi connectivity index (χ1v) is 6.61. The molecule has 2 saturated heterocycles. The molecule has 15 heavy (non-hydrogen) atoms. The van der Waals surface area contributed by atoms with Gasteiger partial charge in [-0.1, -0.05) is 6.92 Å². The first-order chi connectivity index (χ1) is 6.99. The maximum absolute atomic E-state index is 2.75. The average molecular weight is 211 g/mol. The van der Waals surface area contributed by atoms with Crippen LogP contribution in [0.5, 0.6) is 0 Å². The van der Waals surface area contributed by atoms with E-state index in [1.54, 1.807) is 0 Å². The lowest BCUT2D eigenvalue weighted by atomic mass is 10.0. The van der Waals surface area contributed by atoms with Crippen LogP contribution in [-0.4, -0.2) is 47.3 Å². The Bertz CT molecular complexity index is 229. The van der Waals surface area contributed by atoms with Crippen molar-refractivity contribution < 1.29 is 4.48 Å². The molecule has 0 saturated carbocycles. The number of nitrogens with zero attached hydrogens (tertiary/aromatic N) is 2. The molecular weight excluding hydrogens is 184 g/mol. The molecule has 2 rings (SSSR count). The molecule has 2 nitrogen and oxygen atoms in total. The highest BCUT2D eigenvalue weighted by molar-refractivity contribution is 4.89. The summed E-state index contributed by atoms with van der Waals surface area (Å²) < 4.78 is 1.39. The predicted octanol–water partition coefficient (Wildman–Crippen LogP) is 2.45. The van der Waals surface area contributed by atoms with E-state index in [0.717, 1.165) is 6.04 Å². The van der Waals surface area contributed by atoms with Crippen LogP contribution in [0.25, 0.3) is 0 Å². The van der Waals surface area contributed by atoms with Gasteiger partial charge in [0.1, 0.15) is 6.67 Å². The number of hydrogen-bond donors (Lipinski definition) is 0. The van der Waals surface area contributed by atoms with E-state index in [2.05, 4.69) is 32.6 Å². The molecule has 0 amide bonds. The maximum atomic E-state index is 2.75. The number of quaternary nitrogens is 1. The van der Waals surface area contributed by atoms with Gasteiger partial charge in [-0.05, 0) is 27.2 Å². The lowest BCUT2D eigenvalue weighted by Gasteiger charge is -2.32. The standard InChI is InChI=1S/C13H27N2/c1-5-12(2)14-11-15(8-6-7-9-15)10-13(14,3)4/h12H,5-11H2,1-4H3/q+1. The minimum Gasteiger partial charge on any atom is -0.310 e. The lowest BCUT2D eigenvalue weighted by molar-refractivity contribution is -0.910. The predicted molar refractivity (Wildman–Crippen MR) is 64.6 cm³/mol. The summed E-state index contributed by atoms with van der Waals surface area (Å²) in [6, 6.07) is 0.748. The zero-order valence-electron chi connectivity index (χ0n) is 10.9. The third kappa shape index (κ3) is 1.94. The van der Waals surface area contributed by atoms with Crippen LogP contribution < -0.4 is 0 Å². The van der Waals surface area contributed by atoms with Crippen molar-refractivity contribution in [1.82, 2.24) is 4.90 Å². The Hall–Kier alpha value is -0.0800. The van der Waals surface area contributed by atoms with Gasteiger partial charge in [0.15, 0.2) is 0 Å². The minimum absolute atomic E-state index is 0.416. The van der Waals surface area contributed by atoms with Gasteiger partial charge in [-0.3, -0.25) is 0 Å². The molecule has 0 bridgehead atoms. The second kappa shape index (κ2) is 3.74. The van der Waals surface area contributed by atoms with Gasteiger partial charge in [-0.15, -0.1) is 0 Å². The van der Waals surface area contributed by atoms with Gasteiger partial charge in [-0.25, -0.2) is 4.90 Å². The van der Waals surface area contributed by atoms with Gasteiger partial charge >= 0.3 is 0 Å². The van der Waals surface area contributed by atoms with Crippen LogP contribution >= 0.6 is 0 Å². The van der Waals surface area contributed by atoms with Crippen molar-refractivity contribution >= 4 is 0 Å². The number of rotatable bonds is 2. The first kappa shape index (κ1) is 11.4. The Morgan fingerprint density at radius 2 is 1.87 bits per heavy atom. The highest BCUT2D eigenvalue weighted by Gasteiger charge is 2.50. The fraction of sp³-hybridized carbons (Fsp3) is 1.00. The van der Waals surface area contributed by atoms with E-state index in [1.807, 2.05) is 0 Å². The summed E-state index contributed by atoms with van der Waals surface area (Å²) in [5.74, 6) is 0. The fourth-order valence-electron chi connectivity index (χ4n) is 3.74. The molecule has 2 aliphatic rings. The summed E-state index contributed by atoms with van der Waals surface area (Å²) in [5.41, 5.74) is 0.416. The van der Waals surface area contributed by atoms with Crippen LogP contribution in [-0.2, 0) is 0 Å². The number of hydrogen-bond acceptors (Lipinski definition) is 1. The SMILES string of the molecule is CCC(C)N1C[N+]2(CCCC2)CC1(C)C. The molecule has 2 heteroatoms. The van der Waals surface area contributed by atoms with Gasteiger partial charge < -0.3 is 4.48 Å². The van der Waals surface area contributed by atoms with Crippen molar-refractivity contribution in [2.75, 3.05) is 26.3 Å². The highest BCUT2D eigenvalue weighted by atomic mass is 15.5. The second-order valence-electron chi connectivity index (χ2n) is 6.33. The average Bonchev–Trinajstić information content (AvgIpc) is 2.70. The molecule has 2 heterocycles. The van der Waals surface area contributed by atoms with Crippen molar-refractivity contribution in [2.45, 2.75) is 58.5 Å². The summed E-state index contributed by atoms with van der Waals surface area (Å²) >= 11 is 0. The van der Waals surface area contributed by atoms with E-state index in [1.165, 1.54) is 50.0 Å². The smallest absolute Gasteiger partial charge is 0.136 e. The summed E-state index contributed by atoms with van der Waals surface area (Å²) in [6.45, 7) is 15.1. The summed E-state index contributed by atoms with van der Waals surface area (Å²) in [7, 11) is 0. The molecule has 0 N–H and O–H groups in total. The quantitative estimate of drug-likeness (QED) is 0.634. The monoisotopic (exact) mass is 211 g/mol. The molecule has 1 unspecified atom stereocenters. The van der Waals surface area contributed by atoms with Gasteiger partial charge in [-0.2, -0.15) is 0 Å². The third-order valence-corrected chi connectivity index (χ3v) is 4.59. The maximum Gasteiger partial charge on any atom is 0.136 e. The molecule has 0 aromatic rings. The van der Waals surface area contributed by atoms with Gasteiger partial charge in [0, 0.05) is 18.9 Å². The van der Waals surface area contributed by atoms with Crippen LogP contribution in [0.15, 0.2) is 0 Å². The summed E-state index contributed by atoms with van der Waals surface area (Å²) in [4.78, 5) is 2.75. The van der Waals surface area contributed by atoms with Crippen LogP contribution in [0, 0.1) is 0 Å². The van der Waals surface area contributed by atoms with Crippen molar-refractivity contribution in [3.05, 3.63) is 0 Å². The molecule has 0 aliphatic carbocycles. The van der Waals surface area contributed by atoms with Gasteiger partial charge in [0.05, 0.1) is 25.2 Å². The Balaban J connectivity index is 2.13. The summed E-state index contributed by atoms with van der Waals surface area (Å²) in [6.07, 6.45) is 4.18. The third-order valence-electron chi connectivity index (χ3n) is 4.59. The highest BCUT2D eigenvalue weighted by Crippen LogP contribution is 2.35.